The molecule has 0 saturated heterocycles. The van der Waals surface area contributed by atoms with E-state index in [-0.39, 0.29) is 6.04 Å². The fourth-order valence-corrected chi connectivity index (χ4v) is 1.51. The fourth-order valence-electron chi connectivity index (χ4n) is 1.33. The van der Waals surface area contributed by atoms with E-state index in [1.165, 1.54) is 0 Å². The van der Waals surface area contributed by atoms with Crippen LogP contribution in [-0.2, 0) is 0 Å². The van der Waals surface area contributed by atoms with Crippen molar-refractivity contribution >= 4 is 11.6 Å². The van der Waals surface area contributed by atoms with Crippen molar-refractivity contribution in [2.45, 2.75) is 19.4 Å². The van der Waals surface area contributed by atoms with Gasteiger partial charge in [0.2, 0.25) is 0 Å². The first-order valence-corrected chi connectivity index (χ1v) is 4.66. The van der Waals surface area contributed by atoms with Gasteiger partial charge in [-0.15, -0.1) is 6.58 Å². The Labute approximate surface area is 84.2 Å². The SMILES string of the molecule is C=CCC(N)c1cccc(Cl)c1C. The summed E-state index contributed by atoms with van der Waals surface area (Å²) in [5, 5.41) is 0.775. The van der Waals surface area contributed by atoms with Gasteiger partial charge in [-0.1, -0.05) is 29.8 Å². The van der Waals surface area contributed by atoms with Gasteiger partial charge in [-0.05, 0) is 30.5 Å². The van der Waals surface area contributed by atoms with Crippen LogP contribution >= 0.6 is 11.6 Å². The van der Waals surface area contributed by atoms with Gasteiger partial charge in [0.05, 0.1) is 0 Å². The molecule has 70 valence electrons. The molecule has 0 radical (unpaired) electrons. The van der Waals surface area contributed by atoms with Gasteiger partial charge in [0.15, 0.2) is 0 Å². The summed E-state index contributed by atoms with van der Waals surface area (Å²) >= 11 is 5.98. The molecular weight excluding hydrogens is 182 g/mol. The van der Waals surface area contributed by atoms with E-state index in [9.17, 15) is 0 Å². The largest absolute Gasteiger partial charge is 0.324 e. The van der Waals surface area contributed by atoms with Gasteiger partial charge in [0, 0.05) is 11.1 Å². The molecule has 1 rings (SSSR count). The van der Waals surface area contributed by atoms with Crippen LogP contribution in [0.5, 0.6) is 0 Å². The average Bonchev–Trinajstić information content (AvgIpc) is 2.10. The molecule has 0 aromatic heterocycles. The Morgan fingerprint density at radius 3 is 2.92 bits per heavy atom. The summed E-state index contributed by atoms with van der Waals surface area (Å²) in [5.41, 5.74) is 8.12. The van der Waals surface area contributed by atoms with E-state index < -0.39 is 0 Å². The molecule has 1 nitrogen and oxygen atoms in total. The Hall–Kier alpha value is -0.790. The molecular formula is C11H14ClN. The maximum atomic E-state index is 5.98. The van der Waals surface area contributed by atoms with Crippen molar-refractivity contribution in [3.8, 4) is 0 Å². The Balaban J connectivity index is 3.00. The second-order valence-corrected chi connectivity index (χ2v) is 3.49. The second-order valence-electron chi connectivity index (χ2n) is 3.08. The van der Waals surface area contributed by atoms with Crippen molar-refractivity contribution in [2.24, 2.45) is 5.73 Å². The van der Waals surface area contributed by atoms with Crippen LogP contribution < -0.4 is 5.73 Å². The lowest BCUT2D eigenvalue weighted by molar-refractivity contribution is 0.736. The predicted molar refractivity (Wildman–Crippen MR) is 57.9 cm³/mol. The Kier molecular flexibility index (Phi) is 3.52. The number of rotatable bonds is 3. The first-order valence-electron chi connectivity index (χ1n) is 4.28. The molecule has 0 heterocycles. The number of halogens is 1. The maximum Gasteiger partial charge on any atom is 0.0438 e. The lowest BCUT2D eigenvalue weighted by atomic mass is 10.00. The van der Waals surface area contributed by atoms with Crippen molar-refractivity contribution in [3.05, 3.63) is 47.0 Å². The smallest absolute Gasteiger partial charge is 0.0438 e. The first-order chi connectivity index (χ1) is 6.16. The van der Waals surface area contributed by atoms with E-state index >= 15 is 0 Å². The number of hydrogen-bond donors (Lipinski definition) is 1. The molecule has 0 fully saturated rings. The standard InChI is InChI=1S/C11H14ClN/c1-3-5-11(13)9-6-4-7-10(12)8(9)2/h3-4,6-7,11H,1,5,13H2,2H3. The third-order valence-corrected chi connectivity index (χ3v) is 2.54. The molecule has 0 amide bonds. The molecule has 1 aromatic carbocycles. The summed E-state index contributed by atoms with van der Waals surface area (Å²) in [6.07, 6.45) is 2.60. The highest BCUT2D eigenvalue weighted by Gasteiger charge is 2.08. The zero-order chi connectivity index (χ0) is 9.84. The Morgan fingerprint density at radius 2 is 2.31 bits per heavy atom. The van der Waals surface area contributed by atoms with Crippen LogP contribution in [0.25, 0.3) is 0 Å². The minimum Gasteiger partial charge on any atom is -0.324 e. The minimum absolute atomic E-state index is 0.0104. The topological polar surface area (TPSA) is 26.0 Å². The molecule has 0 aliphatic rings. The number of nitrogens with two attached hydrogens (primary N) is 1. The molecule has 0 aliphatic carbocycles. The predicted octanol–water partition coefficient (Wildman–Crippen LogP) is 3.22. The van der Waals surface area contributed by atoms with Gasteiger partial charge in [-0.2, -0.15) is 0 Å². The molecule has 0 bridgehead atoms. The van der Waals surface area contributed by atoms with Crippen LogP contribution in [0, 0.1) is 6.92 Å². The molecule has 1 atom stereocenters. The summed E-state index contributed by atoms with van der Waals surface area (Å²) in [7, 11) is 0. The molecule has 0 saturated carbocycles. The van der Waals surface area contributed by atoms with Crippen molar-refractivity contribution < 1.29 is 0 Å². The van der Waals surface area contributed by atoms with Crippen LogP contribution in [0.15, 0.2) is 30.9 Å². The van der Waals surface area contributed by atoms with Gasteiger partial charge in [0.1, 0.15) is 0 Å². The van der Waals surface area contributed by atoms with E-state index in [0.29, 0.717) is 0 Å². The molecule has 1 unspecified atom stereocenters. The van der Waals surface area contributed by atoms with Crippen molar-refractivity contribution in [1.82, 2.24) is 0 Å². The van der Waals surface area contributed by atoms with Crippen LogP contribution in [-0.4, -0.2) is 0 Å². The minimum atomic E-state index is 0.0104. The van der Waals surface area contributed by atoms with E-state index in [4.69, 9.17) is 17.3 Å². The molecule has 2 N–H and O–H groups in total. The third kappa shape index (κ3) is 2.33. The summed E-state index contributed by atoms with van der Waals surface area (Å²) in [6.45, 7) is 5.65. The zero-order valence-corrected chi connectivity index (χ0v) is 8.51. The van der Waals surface area contributed by atoms with E-state index in [0.717, 1.165) is 22.6 Å². The van der Waals surface area contributed by atoms with Gasteiger partial charge in [0.25, 0.3) is 0 Å². The lowest BCUT2D eigenvalue weighted by Gasteiger charge is -2.13. The summed E-state index contributed by atoms with van der Waals surface area (Å²) < 4.78 is 0. The van der Waals surface area contributed by atoms with Crippen molar-refractivity contribution in [3.63, 3.8) is 0 Å². The molecule has 0 spiro atoms. The molecule has 2 heteroatoms. The Bertz CT molecular complexity index is 307. The van der Waals surface area contributed by atoms with E-state index in [1.54, 1.807) is 0 Å². The maximum absolute atomic E-state index is 5.98. The van der Waals surface area contributed by atoms with Crippen LogP contribution in [0.2, 0.25) is 5.02 Å². The summed E-state index contributed by atoms with van der Waals surface area (Å²) in [4.78, 5) is 0. The van der Waals surface area contributed by atoms with Gasteiger partial charge in [-0.3, -0.25) is 0 Å². The fraction of sp³-hybridized carbons (Fsp3) is 0.273. The third-order valence-electron chi connectivity index (χ3n) is 2.13. The summed E-state index contributed by atoms with van der Waals surface area (Å²) in [5.74, 6) is 0. The van der Waals surface area contributed by atoms with Crippen molar-refractivity contribution in [1.29, 1.82) is 0 Å². The molecule has 1 aromatic rings. The highest BCUT2D eigenvalue weighted by Crippen LogP contribution is 2.24. The molecule has 13 heavy (non-hydrogen) atoms. The number of benzene rings is 1. The normalized spacial score (nSPS) is 12.5. The van der Waals surface area contributed by atoms with Gasteiger partial charge in [-0.25, -0.2) is 0 Å². The van der Waals surface area contributed by atoms with Crippen LogP contribution in [0.1, 0.15) is 23.6 Å². The highest BCUT2D eigenvalue weighted by molar-refractivity contribution is 6.31. The zero-order valence-electron chi connectivity index (χ0n) is 7.76. The average molecular weight is 196 g/mol. The highest BCUT2D eigenvalue weighted by atomic mass is 35.5. The number of hydrogen-bond acceptors (Lipinski definition) is 1. The quantitative estimate of drug-likeness (QED) is 0.737. The summed E-state index contributed by atoms with van der Waals surface area (Å²) in [6, 6.07) is 5.82. The monoisotopic (exact) mass is 195 g/mol. The van der Waals surface area contributed by atoms with E-state index in [1.807, 2.05) is 31.2 Å². The lowest BCUT2D eigenvalue weighted by Crippen LogP contribution is -2.10. The first kappa shape index (κ1) is 10.3. The van der Waals surface area contributed by atoms with Crippen molar-refractivity contribution in [2.75, 3.05) is 0 Å². The van der Waals surface area contributed by atoms with E-state index in [2.05, 4.69) is 6.58 Å². The molecule has 0 aliphatic heterocycles. The Morgan fingerprint density at radius 1 is 1.62 bits per heavy atom. The van der Waals surface area contributed by atoms with Crippen LogP contribution in [0.3, 0.4) is 0 Å². The second kappa shape index (κ2) is 4.45. The van der Waals surface area contributed by atoms with Crippen LogP contribution in [0.4, 0.5) is 0 Å². The van der Waals surface area contributed by atoms with Gasteiger partial charge < -0.3 is 5.73 Å². The van der Waals surface area contributed by atoms with Gasteiger partial charge >= 0.3 is 0 Å².